The van der Waals surface area contributed by atoms with Crippen LogP contribution in [0, 0.1) is 17.8 Å². The van der Waals surface area contributed by atoms with E-state index in [0.717, 1.165) is 5.92 Å². The quantitative estimate of drug-likeness (QED) is 0.420. The number of amides is 1. The number of hydrogen-bond donors (Lipinski definition) is 1. The standard InChI is InChI=1S/C10H13NO/c1-6-9(12)11-10(6)5-7-2-3-8(10)4-7/h2-3,6-8H,4-5H2,1H3,(H,11,12)/t6?,7-,8+,10-/m0/s1. The molecule has 1 unspecified atom stereocenters. The summed E-state index contributed by atoms with van der Waals surface area (Å²) in [6, 6.07) is 0. The monoisotopic (exact) mass is 163 g/mol. The Morgan fingerprint density at radius 1 is 1.58 bits per heavy atom. The van der Waals surface area contributed by atoms with Crippen molar-refractivity contribution in [2.45, 2.75) is 25.3 Å². The van der Waals surface area contributed by atoms with Crippen molar-refractivity contribution in [1.29, 1.82) is 0 Å². The summed E-state index contributed by atoms with van der Waals surface area (Å²) in [7, 11) is 0. The summed E-state index contributed by atoms with van der Waals surface area (Å²) in [5.74, 6) is 1.88. The average Bonchev–Trinajstić information content (AvgIpc) is 2.64. The Bertz CT molecular complexity index is 284. The Labute approximate surface area is 72.0 Å². The van der Waals surface area contributed by atoms with Gasteiger partial charge in [-0.15, -0.1) is 0 Å². The minimum Gasteiger partial charge on any atom is -0.349 e. The Kier molecular flexibility index (Phi) is 0.980. The summed E-state index contributed by atoms with van der Waals surface area (Å²) in [5.41, 5.74) is 0.177. The molecule has 12 heavy (non-hydrogen) atoms. The first kappa shape index (κ1) is 6.70. The van der Waals surface area contributed by atoms with Crippen molar-refractivity contribution in [2.75, 3.05) is 0 Å². The molecule has 1 amide bonds. The van der Waals surface area contributed by atoms with Crippen molar-refractivity contribution in [1.82, 2.24) is 5.32 Å². The second-order valence-electron chi connectivity index (χ2n) is 4.44. The van der Waals surface area contributed by atoms with Gasteiger partial charge in [0, 0.05) is 5.92 Å². The van der Waals surface area contributed by atoms with Crippen LogP contribution in [-0.2, 0) is 4.79 Å². The lowest BCUT2D eigenvalue weighted by Crippen LogP contribution is -2.69. The minimum atomic E-state index is 0.177. The fraction of sp³-hybridized carbons (Fsp3) is 0.700. The summed E-state index contributed by atoms with van der Waals surface area (Å²) in [5, 5.41) is 3.11. The lowest BCUT2D eigenvalue weighted by Gasteiger charge is -2.49. The Morgan fingerprint density at radius 2 is 2.42 bits per heavy atom. The summed E-state index contributed by atoms with van der Waals surface area (Å²) in [6.45, 7) is 2.06. The van der Waals surface area contributed by atoms with Crippen LogP contribution in [0.3, 0.4) is 0 Å². The fourth-order valence-corrected chi connectivity index (χ4v) is 3.14. The molecule has 2 fully saturated rings. The molecular weight excluding hydrogens is 150 g/mol. The molecule has 1 aliphatic heterocycles. The van der Waals surface area contributed by atoms with Crippen LogP contribution in [0.2, 0.25) is 0 Å². The van der Waals surface area contributed by atoms with E-state index in [1.165, 1.54) is 12.8 Å². The third kappa shape index (κ3) is 0.530. The molecule has 2 aliphatic carbocycles. The van der Waals surface area contributed by atoms with Crippen LogP contribution in [0.15, 0.2) is 12.2 Å². The Morgan fingerprint density at radius 3 is 2.83 bits per heavy atom. The zero-order chi connectivity index (χ0) is 8.34. The Hall–Kier alpha value is -0.790. The van der Waals surface area contributed by atoms with Gasteiger partial charge in [-0.3, -0.25) is 4.79 Å². The van der Waals surface area contributed by atoms with Gasteiger partial charge in [0.05, 0.1) is 11.5 Å². The molecule has 2 heteroatoms. The SMILES string of the molecule is CC1C(=O)N[C@@]12C[C@H]1C=C[C@@H]2C1. The van der Waals surface area contributed by atoms with Crippen molar-refractivity contribution < 1.29 is 4.79 Å². The van der Waals surface area contributed by atoms with E-state index in [1.807, 2.05) is 0 Å². The lowest BCUT2D eigenvalue weighted by molar-refractivity contribution is -0.142. The van der Waals surface area contributed by atoms with Crippen LogP contribution in [0.1, 0.15) is 19.8 Å². The normalized spacial score (nSPS) is 54.4. The van der Waals surface area contributed by atoms with E-state index in [2.05, 4.69) is 24.4 Å². The lowest BCUT2D eigenvalue weighted by atomic mass is 9.68. The smallest absolute Gasteiger partial charge is 0.225 e. The molecule has 1 spiro atoms. The second-order valence-corrected chi connectivity index (χ2v) is 4.44. The van der Waals surface area contributed by atoms with Crippen molar-refractivity contribution in [3.05, 3.63) is 12.2 Å². The van der Waals surface area contributed by atoms with Gasteiger partial charge in [-0.25, -0.2) is 0 Å². The maximum Gasteiger partial charge on any atom is 0.225 e. The number of nitrogens with one attached hydrogen (secondary N) is 1. The number of allylic oxidation sites excluding steroid dienone is 1. The first-order valence-electron chi connectivity index (χ1n) is 4.73. The summed E-state index contributed by atoms with van der Waals surface area (Å²) in [4.78, 5) is 11.1. The van der Waals surface area contributed by atoms with Crippen LogP contribution in [-0.4, -0.2) is 11.4 Å². The highest BCUT2D eigenvalue weighted by molar-refractivity contribution is 5.88. The molecule has 1 heterocycles. The van der Waals surface area contributed by atoms with Gasteiger partial charge < -0.3 is 5.32 Å². The van der Waals surface area contributed by atoms with Crippen molar-refractivity contribution in [2.24, 2.45) is 17.8 Å². The third-order valence-corrected chi connectivity index (χ3v) is 3.96. The highest BCUT2D eigenvalue weighted by Crippen LogP contribution is 2.53. The molecule has 3 aliphatic rings. The summed E-state index contributed by atoms with van der Waals surface area (Å²) >= 11 is 0. The molecule has 1 N–H and O–H groups in total. The molecule has 64 valence electrons. The Balaban J connectivity index is 1.95. The van der Waals surface area contributed by atoms with Gasteiger partial charge in [-0.2, -0.15) is 0 Å². The van der Waals surface area contributed by atoms with E-state index in [0.29, 0.717) is 5.92 Å². The van der Waals surface area contributed by atoms with Gasteiger partial charge in [-0.05, 0) is 18.8 Å². The number of carbonyl (C=O) groups is 1. The van der Waals surface area contributed by atoms with Crippen LogP contribution in [0.4, 0.5) is 0 Å². The van der Waals surface area contributed by atoms with Gasteiger partial charge in [-0.1, -0.05) is 19.1 Å². The first-order valence-corrected chi connectivity index (χ1v) is 4.73. The molecule has 2 bridgehead atoms. The molecule has 1 saturated heterocycles. The van der Waals surface area contributed by atoms with Gasteiger partial charge in [0.15, 0.2) is 0 Å². The van der Waals surface area contributed by atoms with Gasteiger partial charge >= 0.3 is 0 Å². The van der Waals surface area contributed by atoms with Crippen LogP contribution < -0.4 is 5.32 Å². The minimum absolute atomic E-state index is 0.177. The number of rotatable bonds is 0. The van der Waals surface area contributed by atoms with Gasteiger partial charge in [0.25, 0.3) is 0 Å². The molecule has 0 radical (unpaired) electrons. The molecular formula is C10H13NO. The number of hydrogen-bond acceptors (Lipinski definition) is 1. The number of β-lactam (4-membered cyclic amide) rings is 1. The van der Waals surface area contributed by atoms with E-state index < -0.39 is 0 Å². The number of fused-ring (bicyclic) bond motifs is 3. The molecule has 3 rings (SSSR count). The first-order chi connectivity index (χ1) is 5.72. The maximum absolute atomic E-state index is 11.1. The molecule has 0 aromatic rings. The highest BCUT2D eigenvalue weighted by Gasteiger charge is 2.60. The van der Waals surface area contributed by atoms with Crippen LogP contribution in [0.25, 0.3) is 0 Å². The second kappa shape index (κ2) is 1.76. The summed E-state index contributed by atoms with van der Waals surface area (Å²) in [6.07, 6.45) is 7.06. The van der Waals surface area contributed by atoms with Crippen molar-refractivity contribution in [3.63, 3.8) is 0 Å². The van der Waals surface area contributed by atoms with Gasteiger partial charge in [0.2, 0.25) is 5.91 Å². The van der Waals surface area contributed by atoms with E-state index in [-0.39, 0.29) is 17.4 Å². The predicted molar refractivity (Wildman–Crippen MR) is 45.4 cm³/mol. The molecule has 0 aromatic heterocycles. The molecule has 0 aromatic carbocycles. The molecule has 4 atom stereocenters. The largest absolute Gasteiger partial charge is 0.349 e. The zero-order valence-electron chi connectivity index (χ0n) is 7.21. The molecule has 2 nitrogen and oxygen atoms in total. The van der Waals surface area contributed by atoms with E-state index in [9.17, 15) is 4.79 Å². The van der Waals surface area contributed by atoms with E-state index >= 15 is 0 Å². The third-order valence-electron chi connectivity index (χ3n) is 3.96. The van der Waals surface area contributed by atoms with Crippen LogP contribution in [0.5, 0.6) is 0 Å². The zero-order valence-corrected chi connectivity index (χ0v) is 7.21. The maximum atomic E-state index is 11.1. The van der Waals surface area contributed by atoms with Crippen LogP contribution >= 0.6 is 0 Å². The topological polar surface area (TPSA) is 29.1 Å². The average molecular weight is 163 g/mol. The van der Waals surface area contributed by atoms with Crippen molar-refractivity contribution >= 4 is 5.91 Å². The molecule has 1 saturated carbocycles. The number of carbonyl (C=O) groups excluding carboxylic acids is 1. The van der Waals surface area contributed by atoms with Gasteiger partial charge in [0.1, 0.15) is 0 Å². The summed E-state index contributed by atoms with van der Waals surface area (Å²) < 4.78 is 0. The highest BCUT2D eigenvalue weighted by atomic mass is 16.2. The fourth-order valence-electron chi connectivity index (χ4n) is 3.14. The van der Waals surface area contributed by atoms with E-state index in [4.69, 9.17) is 0 Å². The van der Waals surface area contributed by atoms with Crippen molar-refractivity contribution in [3.8, 4) is 0 Å². The van der Waals surface area contributed by atoms with E-state index in [1.54, 1.807) is 0 Å². The predicted octanol–water partition coefficient (Wildman–Crippen LogP) is 1.09.